The Morgan fingerprint density at radius 2 is 2.54 bits per heavy atom. The van der Waals surface area contributed by atoms with Crippen molar-refractivity contribution >= 4 is 12.0 Å². The van der Waals surface area contributed by atoms with Crippen LogP contribution in [0.1, 0.15) is 30.1 Å². The Bertz CT molecular complexity index is 275. The molecule has 0 unspecified atom stereocenters. The van der Waals surface area contributed by atoms with Crippen LogP contribution in [0.25, 0.3) is 0 Å². The monoisotopic (exact) mass is 179 g/mol. The third kappa shape index (κ3) is 3.23. The van der Waals surface area contributed by atoms with Gasteiger partial charge >= 0.3 is 0 Å². The number of hydrogen-bond donors (Lipinski definition) is 0. The first-order chi connectivity index (χ1) is 6.34. The summed E-state index contributed by atoms with van der Waals surface area (Å²) in [6, 6.07) is 1.66. The van der Waals surface area contributed by atoms with Crippen molar-refractivity contribution in [2.24, 2.45) is 4.99 Å². The molecule has 0 radical (unpaired) electrons. The normalized spacial score (nSPS) is 10.8. The van der Waals surface area contributed by atoms with Crippen molar-refractivity contribution in [1.29, 1.82) is 0 Å². The van der Waals surface area contributed by atoms with Gasteiger partial charge in [0, 0.05) is 19.2 Å². The van der Waals surface area contributed by atoms with Gasteiger partial charge in [-0.1, -0.05) is 6.92 Å². The number of carbonyl (C=O) groups excluding carboxylic acids is 1. The summed E-state index contributed by atoms with van der Waals surface area (Å²) in [6.45, 7) is 2.84. The quantitative estimate of drug-likeness (QED) is 0.514. The second-order valence-electron chi connectivity index (χ2n) is 2.73. The number of Topliss-reactive ketones (excluding diaryl/α,β-unsaturated/α-hetero) is 1. The van der Waals surface area contributed by atoms with Crippen LogP contribution in [0.2, 0.25) is 0 Å². The van der Waals surface area contributed by atoms with E-state index in [9.17, 15) is 4.79 Å². The van der Waals surface area contributed by atoms with E-state index in [0.29, 0.717) is 12.0 Å². The Kier molecular flexibility index (Phi) is 3.96. The molecule has 0 aliphatic heterocycles. The molecule has 0 amide bonds. The molecule has 1 aromatic heterocycles. The lowest BCUT2D eigenvalue weighted by Gasteiger charge is -1.89. The lowest BCUT2D eigenvalue weighted by atomic mass is 10.2. The Labute approximate surface area is 77.5 Å². The van der Waals surface area contributed by atoms with E-state index < -0.39 is 0 Å². The molecule has 0 saturated carbocycles. The van der Waals surface area contributed by atoms with Crippen molar-refractivity contribution in [2.45, 2.75) is 19.8 Å². The van der Waals surface area contributed by atoms with E-state index in [-0.39, 0.29) is 5.78 Å². The zero-order valence-corrected chi connectivity index (χ0v) is 7.69. The van der Waals surface area contributed by atoms with E-state index in [0.717, 1.165) is 13.0 Å². The molecule has 1 rings (SSSR count). The lowest BCUT2D eigenvalue weighted by molar-refractivity contribution is 0.100. The zero-order chi connectivity index (χ0) is 9.52. The lowest BCUT2D eigenvalue weighted by Crippen LogP contribution is -1.97. The SMILES string of the molecule is CCCN=CCC(=O)c1ccoc1. The number of hydrogen-bond acceptors (Lipinski definition) is 3. The van der Waals surface area contributed by atoms with Crippen molar-refractivity contribution in [1.82, 2.24) is 0 Å². The van der Waals surface area contributed by atoms with Gasteiger partial charge in [0.2, 0.25) is 0 Å². The molecule has 0 aromatic carbocycles. The summed E-state index contributed by atoms with van der Waals surface area (Å²) >= 11 is 0. The molecule has 0 aliphatic carbocycles. The van der Waals surface area contributed by atoms with Crippen LogP contribution in [-0.2, 0) is 0 Å². The summed E-state index contributed by atoms with van der Waals surface area (Å²) in [5, 5.41) is 0. The summed E-state index contributed by atoms with van der Waals surface area (Å²) in [4.78, 5) is 15.4. The Morgan fingerprint density at radius 1 is 1.69 bits per heavy atom. The summed E-state index contributed by atoms with van der Waals surface area (Å²) in [5.41, 5.74) is 0.614. The second-order valence-corrected chi connectivity index (χ2v) is 2.73. The molecule has 1 aromatic rings. The number of furan rings is 1. The van der Waals surface area contributed by atoms with Crippen molar-refractivity contribution in [2.75, 3.05) is 6.54 Å². The van der Waals surface area contributed by atoms with Crippen molar-refractivity contribution in [3.63, 3.8) is 0 Å². The van der Waals surface area contributed by atoms with Crippen LogP contribution in [0.15, 0.2) is 28.0 Å². The van der Waals surface area contributed by atoms with Crippen LogP contribution in [0.5, 0.6) is 0 Å². The smallest absolute Gasteiger partial charge is 0.171 e. The van der Waals surface area contributed by atoms with Crippen molar-refractivity contribution in [3.8, 4) is 0 Å². The molecular weight excluding hydrogens is 166 g/mol. The average Bonchev–Trinajstić information content (AvgIpc) is 2.65. The minimum absolute atomic E-state index is 0.0496. The van der Waals surface area contributed by atoms with Gasteiger partial charge in [-0.3, -0.25) is 9.79 Å². The topological polar surface area (TPSA) is 42.6 Å². The van der Waals surface area contributed by atoms with E-state index in [1.807, 2.05) is 0 Å². The Hall–Kier alpha value is -1.38. The molecule has 1 heterocycles. The summed E-state index contributed by atoms with van der Waals surface area (Å²) in [5.74, 6) is 0.0496. The van der Waals surface area contributed by atoms with Crippen molar-refractivity contribution < 1.29 is 9.21 Å². The van der Waals surface area contributed by atoms with Gasteiger partial charge in [0.25, 0.3) is 0 Å². The van der Waals surface area contributed by atoms with E-state index >= 15 is 0 Å². The first kappa shape index (κ1) is 9.71. The number of carbonyl (C=O) groups is 1. The standard InChI is InChI=1S/C10H13NO2/c1-2-5-11-6-3-10(12)9-4-7-13-8-9/h4,6-8H,2-3,5H2,1H3. The molecule has 0 N–H and O–H groups in total. The summed E-state index contributed by atoms with van der Waals surface area (Å²) < 4.78 is 4.80. The second kappa shape index (κ2) is 5.30. The molecule has 3 heteroatoms. The van der Waals surface area contributed by atoms with Crippen LogP contribution in [0.3, 0.4) is 0 Å². The summed E-state index contributed by atoms with van der Waals surface area (Å²) in [6.07, 6.45) is 5.99. The fourth-order valence-corrected chi connectivity index (χ4v) is 0.909. The predicted octanol–water partition coefficient (Wildman–Crippen LogP) is 2.33. The molecule has 70 valence electrons. The van der Waals surface area contributed by atoms with Crippen LogP contribution in [-0.4, -0.2) is 18.5 Å². The number of rotatable bonds is 5. The highest BCUT2D eigenvalue weighted by atomic mass is 16.3. The minimum atomic E-state index is 0.0496. The maximum atomic E-state index is 11.3. The van der Waals surface area contributed by atoms with Gasteiger partial charge in [0.15, 0.2) is 5.78 Å². The van der Waals surface area contributed by atoms with Gasteiger partial charge in [-0.2, -0.15) is 0 Å². The van der Waals surface area contributed by atoms with E-state index in [2.05, 4.69) is 11.9 Å². The van der Waals surface area contributed by atoms with Gasteiger partial charge in [-0.15, -0.1) is 0 Å². The third-order valence-electron chi connectivity index (χ3n) is 1.60. The van der Waals surface area contributed by atoms with Gasteiger partial charge in [-0.25, -0.2) is 0 Å². The maximum Gasteiger partial charge on any atom is 0.171 e. The van der Waals surface area contributed by atoms with Crippen LogP contribution in [0.4, 0.5) is 0 Å². The molecule has 0 fully saturated rings. The molecule has 0 bridgehead atoms. The first-order valence-electron chi connectivity index (χ1n) is 4.38. The van der Waals surface area contributed by atoms with E-state index in [4.69, 9.17) is 4.42 Å². The minimum Gasteiger partial charge on any atom is -0.472 e. The van der Waals surface area contributed by atoms with Crippen LogP contribution >= 0.6 is 0 Å². The molecule has 0 saturated heterocycles. The highest BCUT2D eigenvalue weighted by Crippen LogP contribution is 2.02. The molecule has 3 nitrogen and oxygen atoms in total. The molecule has 13 heavy (non-hydrogen) atoms. The Morgan fingerprint density at radius 3 is 3.15 bits per heavy atom. The molecule has 0 spiro atoms. The van der Waals surface area contributed by atoms with Gasteiger partial charge < -0.3 is 4.42 Å². The highest BCUT2D eigenvalue weighted by Gasteiger charge is 2.03. The largest absolute Gasteiger partial charge is 0.472 e. The number of nitrogens with zero attached hydrogens (tertiary/aromatic N) is 1. The van der Waals surface area contributed by atoms with Gasteiger partial charge in [0.05, 0.1) is 11.8 Å². The highest BCUT2D eigenvalue weighted by molar-refractivity contribution is 6.03. The van der Waals surface area contributed by atoms with Gasteiger partial charge in [0.1, 0.15) is 6.26 Å². The molecule has 0 atom stereocenters. The first-order valence-corrected chi connectivity index (χ1v) is 4.38. The maximum absolute atomic E-state index is 11.3. The van der Waals surface area contributed by atoms with Crippen LogP contribution < -0.4 is 0 Å². The van der Waals surface area contributed by atoms with Gasteiger partial charge in [-0.05, 0) is 12.5 Å². The zero-order valence-electron chi connectivity index (χ0n) is 7.69. The van der Waals surface area contributed by atoms with E-state index in [1.165, 1.54) is 12.5 Å². The molecule has 0 aliphatic rings. The number of aliphatic imine (C=N–C) groups is 1. The van der Waals surface area contributed by atoms with E-state index in [1.54, 1.807) is 12.3 Å². The van der Waals surface area contributed by atoms with Crippen molar-refractivity contribution in [3.05, 3.63) is 24.2 Å². The predicted molar refractivity (Wildman–Crippen MR) is 51.3 cm³/mol. The fraction of sp³-hybridized carbons (Fsp3) is 0.400. The molecular formula is C10H13NO2. The summed E-state index contributed by atoms with van der Waals surface area (Å²) in [7, 11) is 0. The fourth-order valence-electron chi connectivity index (χ4n) is 0.909. The average molecular weight is 179 g/mol. The van der Waals surface area contributed by atoms with Crippen LogP contribution in [0, 0.1) is 0 Å². The number of ketones is 1. The third-order valence-corrected chi connectivity index (χ3v) is 1.60. The Balaban J connectivity index is 2.34.